The van der Waals surface area contributed by atoms with Crippen LogP contribution in [0.15, 0.2) is 0 Å². The number of hydrogen-bond acceptors (Lipinski definition) is 3. The largest absolute Gasteiger partial charge is 0.355 e. The lowest BCUT2D eigenvalue weighted by Crippen LogP contribution is -2.46. The summed E-state index contributed by atoms with van der Waals surface area (Å²) in [6.07, 6.45) is 4.45. The first-order chi connectivity index (χ1) is 8.52. The minimum atomic E-state index is 0.153. The quantitative estimate of drug-likeness (QED) is 0.753. The molecule has 0 unspecified atom stereocenters. The van der Waals surface area contributed by atoms with Crippen molar-refractivity contribution < 1.29 is 4.79 Å². The van der Waals surface area contributed by atoms with Crippen molar-refractivity contribution in [2.45, 2.75) is 58.5 Å². The highest BCUT2D eigenvalue weighted by atomic mass is 16.2. The topological polar surface area (TPSA) is 58.4 Å². The maximum atomic E-state index is 11.8. The van der Waals surface area contributed by atoms with Gasteiger partial charge in [0.2, 0.25) is 5.91 Å². The lowest BCUT2D eigenvalue weighted by Gasteiger charge is -2.35. The fourth-order valence-corrected chi connectivity index (χ4v) is 2.52. The number of amides is 1. The third kappa shape index (κ3) is 5.36. The third-order valence-corrected chi connectivity index (χ3v) is 3.72. The van der Waals surface area contributed by atoms with Gasteiger partial charge in [-0.1, -0.05) is 20.8 Å². The number of nitrogens with zero attached hydrogens (tertiary/aromatic N) is 1. The normalized spacial score (nSPS) is 24.6. The minimum Gasteiger partial charge on any atom is -0.355 e. The molecule has 4 heteroatoms. The van der Waals surface area contributed by atoms with Gasteiger partial charge in [0, 0.05) is 18.6 Å². The number of carbonyl (C=O) groups excluding carboxylic acids is 1. The van der Waals surface area contributed by atoms with E-state index in [0.29, 0.717) is 24.5 Å². The molecule has 0 saturated heterocycles. The van der Waals surface area contributed by atoms with Gasteiger partial charge in [-0.25, -0.2) is 0 Å². The van der Waals surface area contributed by atoms with Gasteiger partial charge in [0.1, 0.15) is 0 Å². The summed E-state index contributed by atoms with van der Waals surface area (Å²) in [6, 6.07) is 0.911. The van der Waals surface area contributed by atoms with Crippen LogP contribution in [0.2, 0.25) is 0 Å². The summed E-state index contributed by atoms with van der Waals surface area (Å²) in [5, 5.41) is 2.99. The number of nitrogens with two attached hydrogens (primary N) is 1. The van der Waals surface area contributed by atoms with Crippen molar-refractivity contribution in [3.8, 4) is 0 Å². The maximum absolute atomic E-state index is 11.8. The molecule has 3 N–H and O–H groups in total. The molecule has 0 radical (unpaired) electrons. The summed E-state index contributed by atoms with van der Waals surface area (Å²) in [4.78, 5) is 14.1. The zero-order chi connectivity index (χ0) is 13.5. The molecule has 106 valence electrons. The highest BCUT2D eigenvalue weighted by molar-refractivity contribution is 5.78. The van der Waals surface area contributed by atoms with Crippen molar-refractivity contribution >= 4 is 5.91 Å². The van der Waals surface area contributed by atoms with Crippen LogP contribution in [0.3, 0.4) is 0 Å². The van der Waals surface area contributed by atoms with Crippen molar-refractivity contribution in [2.75, 3.05) is 19.6 Å². The molecule has 1 saturated carbocycles. The van der Waals surface area contributed by atoms with E-state index in [1.807, 2.05) is 0 Å². The van der Waals surface area contributed by atoms with Crippen LogP contribution in [0.25, 0.3) is 0 Å². The molecule has 0 atom stereocenters. The van der Waals surface area contributed by atoms with Crippen LogP contribution in [0, 0.1) is 5.92 Å². The van der Waals surface area contributed by atoms with Crippen LogP contribution in [0.4, 0.5) is 0 Å². The van der Waals surface area contributed by atoms with Crippen LogP contribution in [-0.2, 0) is 4.79 Å². The Bertz CT molecular complexity index is 247. The molecule has 0 aromatic heterocycles. The highest BCUT2D eigenvalue weighted by Crippen LogP contribution is 2.21. The molecular weight excluding hydrogens is 226 g/mol. The Morgan fingerprint density at radius 2 is 1.94 bits per heavy atom. The van der Waals surface area contributed by atoms with Crippen LogP contribution in [0.5, 0.6) is 0 Å². The lowest BCUT2D eigenvalue weighted by atomic mass is 9.91. The van der Waals surface area contributed by atoms with Gasteiger partial charge in [0.15, 0.2) is 0 Å². The first-order valence-electron chi connectivity index (χ1n) is 7.29. The summed E-state index contributed by atoms with van der Waals surface area (Å²) >= 11 is 0. The molecule has 1 amide bonds. The zero-order valence-electron chi connectivity index (χ0n) is 12.1. The standard InChI is InChI=1S/C14H29N3O/c1-4-17(10-14(18)16-9-11(2)3)13-7-5-12(15)6-8-13/h11-13H,4-10,15H2,1-3H3,(H,16,18). The molecule has 0 heterocycles. The Balaban J connectivity index is 2.34. The lowest BCUT2D eigenvalue weighted by molar-refractivity contribution is -0.123. The molecule has 0 aliphatic heterocycles. The molecule has 1 fully saturated rings. The molecular formula is C14H29N3O. The summed E-state index contributed by atoms with van der Waals surface area (Å²) < 4.78 is 0. The van der Waals surface area contributed by atoms with E-state index >= 15 is 0 Å². The Hall–Kier alpha value is -0.610. The minimum absolute atomic E-state index is 0.153. The van der Waals surface area contributed by atoms with Crippen LogP contribution < -0.4 is 11.1 Å². The Morgan fingerprint density at radius 3 is 2.44 bits per heavy atom. The van der Waals surface area contributed by atoms with Gasteiger partial charge in [0.25, 0.3) is 0 Å². The Labute approximate surface area is 111 Å². The van der Waals surface area contributed by atoms with E-state index in [-0.39, 0.29) is 5.91 Å². The maximum Gasteiger partial charge on any atom is 0.234 e. The molecule has 1 aliphatic carbocycles. The van der Waals surface area contributed by atoms with E-state index in [1.165, 1.54) is 0 Å². The van der Waals surface area contributed by atoms with E-state index in [9.17, 15) is 4.79 Å². The van der Waals surface area contributed by atoms with E-state index in [4.69, 9.17) is 5.73 Å². The van der Waals surface area contributed by atoms with E-state index in [1.54, 1.807) is 0 Å². The molecule has 4 nitrogen and oxygen atoms in total. The molecule has 0 bridgehead atoms. The molecule has 18 heavy (non-hydrogen) atoms. The van der Waals surface area contributed by atoms with E-state index in [0.717, 1.165) is 38.8 Å². The van der Waals surface area contributed by atoms with Crippen molar-refractivity contribution in [3.63, 3.8) is 0 Å². The van der Waals surface area contributed by atoms with Crippen LogP contribution in [-0.4, -0.2) is 42.5 Å². The average molecular weight is 255 g/mol. The van der Waals surface area contributed by atoms with Gasteiger partial charge in [-0.05, 0) is 38.1 Å². The number of likely N-dealkylation sites (N-methyl/N-ethyl adjacent to an activating group) is 1. The van der Waals surface area contributed by atoms with Gasteiger partial charge in [-0.3, -0.25) is 9.69 Å². The van der Waals surface area contributed by atoms with Gasteiger partial charge in [-0.15, -0.1) is 0 Å². The molecule has 0 aromatic carbocycles. The zero-order valence-corrected chi connectivity index (χ0v) is 12.1. The van der Waals surface area contributed by atoms with Crippen molar-refractivity contribution in [1.82, 2.24) is 10.2 Å². The monoisotopic (exact) mass is 255 g/mol. The predicted molar refractivity (Wildman–Crippen MR) is 75.3 cm³/mol. The second-order valence-corrected chi connectivity index (χ2v) is 5.83. The fraction of sp³-hybridized carbons (Fsp3) is 0.929. The number of hydrogen-bond donors (Lipinski definition) is 2. The van der Waals surface area contributed by atoms with Crippen LogP contribution in [0.1, 0.15) is 46.5 Å². The summed E-state index contributed by atoms with van der Waals surface area (Å²) in [5.74, 6) is 0.664. The second kappa shape index (κ2) is 7.74. The smallest absolute Gasteiger partial charge is 0.234 e. The summed E-state index contributed by atoms with van der Waals surface area (Å²) in [7, 11) is 0. The summed E-state index contributed by atoms with van der Waals surface area (Å²) in [6.45, 7) is 8.59. The second-order valence-electron chi connectivity index (χ2n) is 5.83. The molecule has 1 aliphatic rings. The molecule has 0 spiro atoms. The first kappa shape index (κ1) is 15.4. The Morgan fingerprint density at radius 1 is 1.33 bits per heavy atom. The van der Waals surface area contributed by atoms with Crippen molar-refractivity contribution in [1.29, 1.82) is 0 Å². The summed E-state index contributed by atoms with van der Waals surface area (Å²) in [5.41, 5.74) is 5.92. The Kier molecular flexibility index (Phi) is 6.65. The SMILES string of the molecule is CCN(CC(=O)NCC(C)C)C1CCC(N)CC1. The highest BCUT2D eigenvalue weighted by Gasteiger charge is 2.24. The van der Waals surface area contributed by atoms with Crippen molar-refractivity contribution in [3.05, 3.63) is 0 Å². The predicted octanol–water partition coefficient (Wildman–Crippen LogP) is 1.35. The van der Waals surface area contributed by atoms with Crippen LogP contribution >= 0.6 is 0 Å². The fourth-order valence-electron chi connectivity index (χ4n) is 2.52. The van der Waals surface area contributed by atoms with Gasteiger partial charge < -0.3 is 11.1 Å². The number of carbonyl (C=O) groups is 1. The van der Waals surface area contributed by atoms with Gasteiger partial charge in [0.05, 0.1) is 6.54 Å². The average Bonchev–Trinajstić information content (AvgIpc) is 2.34. The molecule has 0 aromatic rings. The number of rotatable bonds is 6. The van der Waals surface area contributed by atoms with Gasteiger partial charge in [-0.2, -0.15) is 0 Å². The first-order valence-corrected chi connectivity index (χ1v) is 7.29. The molecule has 1 rings (SSSR count). The number of nitrogens with one attached hydrogen (secondary N) is 1. The van der Waals surface area contributed by atoms with Crippen molar-refractivity contribution in [2.24, 2.45) is 11.7 Å². The van der Waals surface area contributed by atoms with E-state index < -0.39 is 0 Å². The third-order valence-electron chi connectivity index (χ3n) is 3.72. The van der Waals surface area contributed by atoms with E-state index in [2.05, 4.69) is 31.0 Å². The van der Waals surface area contributed by atoms with Gasteiger partial charge >= 0.3 is 0 Å².